The second-order valence-electron chi connectivity index (χ2n) is 4.31. The molecule has 0 saturated carbocycles. The minimum atomic E-state index is -0.965. The van der Waals surface area contributed by atoms with Gasteiger partial charge >= 0.3 is 5.97 Å². The second-order valence-corrected chi connectivity index (χ2v) is 4.31. The van der Waals surface area contributed by atoms with E-state index >= 15 is 0 Å². The first kappa shape index (κ1) is 14.0. The third-order valence-electron chi connectivity index (χ3n) is 2.67. The van der Waals surface area contributed by atoms with Gasteiger partial charge in [-0.2, -0.15) is 0 Å². The molecule has 0 aliphatic rings. The Morgan fingerprint density at radius 2 is 2.11 bits per heavy atom. The summed E-state index contributed by atoms with van der Waals surface area (Å²) in [6, 6.07) is 2.92. The van der Waals surface area contributed by atoms with E-state index < -0.39 is 23.4 Å². The van der Waals surface area contributed by atoms with Gasteiger partial charge in [0.05, 0.1) is 5.92 Å². The van der Waals surface area contributed by atoms with E-state index in [1.807, 2.05) is 0 Å². The van der Waals surface area contributed by atoms with Gasteiger partial charge in [-0.3, -0.25) is 14.4 Å². The molecule has 0 fully saturated rings. The fraction of sp³-hybridized carbons (Fsp3) is 0.417. The van der Waals surface area contributed by atoms with Crippen LogP contribution in [0, 0.1) is 11.8 Å². The molecule has 6 heteroatoms. The molecule has 1 unspecified atom stereocenters. The van der Waals surface area contributed by atoms with Crippen LogP contribution in [0.15, 0.2) is 23.1 Å². The minimum Gasteiger partial charge on any atom is -0.481 e. The number of carboxylic acids is 1. The van der Waals surface area contributed by atoms with Crippen molar-refractivity contribution in [3.8, 4) is 0 Å². The molecule has 98 valence electrons. The summed E-state index contributed by atoms with van der Waals surface area (Å²) in [5, 5.41) is 11.4. The lowest BCUT2D eigenvalue weighted by molar-refractivity contribution is -0.142. The molecule has 0 spiro atoms. The number of aromatic nitrogens is 1. The van der Waals surface area contributed by atoms with Gasteiger partial charge in [0.1, 0.15) is 5.56 Å². The molecule has 1 aromatic heterocycles. The lowest BCUT2D eigenvalue weighted by Gasteiger charge is -2.16. The standard InChI is InChI=1S/C12H16N2O4/c1-7(2)9(12(17)18)6-14-11(16)8-4-3-5-13-10(8)15/h3-5,7,9H,6H2,1-2H3,(H,13,15)(H,14,16)(H,17,18). The molecule has 6 nitrogen and oxygen atoms in total. The molecule has 18 heavy (non-hydrogen) atoms. The Morgan fingerprint density at radius 1 is 1.44 bits per heavy atom. The molecule has 0 aromatic carbocycles. The van der Waals surface area contributed by atoms with Crippen molar-refractivity contribution in [1.82, 2.24) is 10.3 Å². The normalized spacial score (nSPS) is 12.2. The second kappa shape index (κ2) is 6.00. The maximum atomic E-state index is 11.7. The molecule has 1 amide bonds. The van der Waals surface area contributed by atoms with E-state index in [0.29, 0.717) is 0 Å². The number of rotatable bonds is 5. The minimum absolute atomic E-state index is 0.000166. The number of carbonyl (C=O) groups is 2. The Kier molecular flexibility index (Phi) is 4.65. The number of hydrogen-bond acceptors (Lipinski definition) is 3. The Balaban J connectivity index is 2.69. The van der Waals surface area contributed by atoms with Crippen LogP contribution in [-0.4, -0.2) is 28.5 Å². The molecule has 1 aromatic rings. The van der Waals surface area contributed by atoms with Crippen molar-refractivity contribution < 1.29 is 14.7 Å². The number of aliphatic carboxylic acids is 1. The molecular formula is C12H16N2O4. The molecule has 0 bridgehead atoms. The number of H-pyrrole nitrogens is 1. The number of amides is 1. The highest BCUT2D eigenvalue weighted by atomic mass is 16.4. The summed E-state index contributed by atoms with van der Waals surface area (Å²) in [7, 11) is 0. The van der Waals surface area contributed by atoms with Gasteiger partial charge in [-0.05, 0) is 18.1 Å². The first-order valence-corrected chi connectivity index (χ1v) is 5.62. The van der Waals surface area contributed by atoms with Crippen LogP contribution in [0.1, 0.15) is 24.2 Å². The molecule has 3 N–H and O–H groups in total. The quantitative estimate of drug-likeness (QED) is 0.709. The number of carbonyl (C=O) groups excluding carboxylic acids is 1. The monoisotopic (exact) mass is 252 g/mol. The zero-order valence-electron chi connectivity index (χ0n) is 10.3. The Labute approximate surface area is 104 Å². The van der Waals surface area contributed by atoms with Gasteiger partial charge < -0.3 is 15.4 Å². The zero-order chi connectivity index (χ0) is 13.7. The molecule has 1 rings (SSSR count). The zero-order valence-corrected chi connectivity index (χ0v) is 10.3. The van der Waals surface area contributed by atoms with Crippen LogP contribution < -0.4 is 10.9 Å². The van der Waals surface area contributed by atoms with Gasteiger partial charge in [0.2, 0.25) is 0 Å². The molecule has 1 heterocycles. The van der Waals surface area contributed by atoms with Gasteiger partial charge in [-0.15, -0.1) is 0 Å². The van der Waals surface area contributed by atoms with Gasteiger partial charge in [-0.25, -0.2) is 0 Å². The molecular weight excluding hydrogens is 236 g/mol. The third-order valence-corrected chi connectivity index (χ3v) is 2.67. The summed E-state index contributed by atoms with van der Waals surface area (Å²) in [6.07, 6.45) is 1.42. The molecule has 0 radical (unpaired) electrons. The van der Waals surface area contributed by atoms with Crippen molar-refractivity contribution in [3.05, 3.63) is 34.2 Å². The fourth-order valence-electron chi connectivity index (χ4n) is 1.51. The summed E-state index contributed by atoms with van der Waals surface area (Å²) in [4.78, 5) is 36.4. The Morgan fingerprint density at radius 3 is 2.61 bits per heavy atom. The first-order chi connectivity index (χ1) is 8.43. The van der Waals surface area contributed by atoms with E-state index in [1.165, 1.54) is 18.3 Å². The molecule has 1 atom stereocenters. The lowest BCUT2D eigenvalue weighted by Crippen LogP contribution is -2.37. The first-order valence-electron chi connectivity index (χ1n) is 5.62. The van der Waals surface area contributed by atoms with Crippen LogP contribution >= 0.6 is 0 Å². The van der Waals surface area contributed by atoms with Gasteiger partial charge in [0.15, 0.2) is 0 Å². The number of nitrogens with one attached hydrogen (secondary N) is 2. The van der Waals surface area contributed by atoms with Gasteiger partial charge in [0, 0.05) is 12.7 Å². The SMILES string of the molecule is CC(C)C(CNC(=O)c1ccc[nH]c1=O)C(=O)O. The maximum absolute atomic E-state index is 11.7. The average Bonchev–Trinajstić information content (AvgIpc) is 2.28. The number of hydrogen-bond donors (Lipinski definition) is 3. The largest absolute Gasteiger partial charge is 0.481 e. The van der Waals surface area contributed by atoms with Crippen LogP contribution in [0.4, 0.5) is 0 Å². The van der Waals surface area contributed by atoms with Crippen LogP contribution in [0.3, 0.4) is 0 Å². The van der Waals surface area contributed by atoms with E-state index in [4.69, 9.17) is 5.11 Å². The maximum Gasteiger partial charge on any atom is 0.308 e. The Bertz CT molecular complexity index is 493. The topological polar surface area (TPSA) is 99.3 Å². The summed E-state index contributed by atoms with van der Waals surface area (Å²) in [5.74, 6) is -2.30. The molecule has 0 aliphatic heterocycles. The Hall–Kier alpha value is -2.11. The average molecular weight is 252 g/mol. The van der Waals surface area contributed by atoms with E-state index in [9.17, 15) is 14.4 Å². The van der Waals surface area contributed by atoms with Crippen LogP contribution in [0.5, 0.6) is 0 Å². The summed E-state index contributed by atoms with van der Waals surface area (Å²) in [5.41, 5.74) is -0.517. The van der Waals surface area contributed by atoms with Crippen molar-refractivity contribution in [2.45, 2.75) is 13.8 Å². The highest BCUT2D eigenvalue weighted by Crippen LogP contribution is 2.09. The van der Waals surface area contributed by atoms with Crippen molar-refractivity contribution >= 4 is 11.9 Å². The van der Waals surface area contributed by atoms with Gasteiger partial charge in [0.25, 0.3) is 11.5 Å². The fourth-order valence-corrected chi connectivity index (χ4v) is 1.51. The smallest absolute Gasteiger partial charge is 0.308 e. The molecule has 0 saturated heterocycles. The van der Waals surface area contributed by atoms with Crippen molar-refractivity contribution in [2.24, 2.45) is 11.8 Å². The van der Waals surface area contributed by atoms with Crippen LogP contribution in [-0.2, 0) is 4.79 Å². The van der Waals surface area contributed by atoms with Crippen molar-refractivity contribution in [3.63, 3.8) is 0 Å². The summed E-state index contributed by atoms with van der Waals surface area (Å²) < 4.78 is 0. The third kappa shape index (κ3) is 3.44. The molecule has 0 aliphatic carbocycles. The summed E-state index contributed by atoms with van der Waals surface area (Å²) >= 11 is 0. The predicted octanol–water partition coefficient (Wildman–Crippen LogP) is 0.461. The predicted molar refractivity (Wildman–Crippen MR) is 65.4 cm³/mol. The number of pyridine rings is 1. The number of carboxylic acid groups (broad SMARTS) is 1. The van der Waals surface area contributed by atoms with E-state index in [1.54, 1.807) is 13.8 Å². The van der Waals surface area contributed by atoms with E-state index in [2.05, 4.69) is 10.3 Å². The van der Waals surface area contributed by atoms with Crippen LogP contribution in [0.2, 0.25) is 0 Å². The van der Waals surface area contributed by atoms with Crippen molar-refractivity contribution in [2.75, 3.05) is 6.54 Å². The van der Waals surface area contributed by atoms with Crippen molar-refractivity contribution in [1.29, 1.82) is 0 Å². The number of aromatic amines is 1. The van der Waals surface area contributed by atoms with E-state index in [0.717, 1.165) is 0 Å². The highest BCUT2D eigenvalue weighted by molar-refractivity contribution is 5.93. The summed E-state index contributed by atoms with van der Waals surface area (Å²) in [6.45, 7) is 3.53. The van der Waals surface area contributed by atoms with E-state index in [-0.39, 0.29) is 18.0 Å². The highest BCUT2D eigenvalue weighted by Gasteiger charge is 2.22. The van der Waals surface area contributed by atoms with Gasteiger partial charge in [-0.1, -0.05) is 13.8 Å². The lowest BCUT2D eigenvalue weighted by atomic mass is 9.96. The van der Waals surface area contributed by atoms with Crippen LogP contribution in [0.25, 0.3) is 0 Å².